The third-order valence-corrected chi connectivity index (χ3v) is 8.35. The van der Waals surface area contributed by atoms with Crippen LogP contribution in [-0.2, 0) is 15.4 Å². The molecule has 0 bridgehead atoms. The number of nitrogens with zero attached hydrogens (tertiary/aromatic N) is 4. The maximum Gasteiger partial charge on any atom is 0.409 e. The fraction of sp³-hybridized carbons (Fsp3) is 0.133. The van der Waals surface area contributed by atoms with Crippen molar-refractivity contribution in [3.05, 3.63) is 91.0 Å². The maximum absolute atomic E-state index is 13.2. The topological polar surface area (TPSA) is 152 Å². The van der Waals surface area contributed by atoms with E-state index in [1.165, 1.54) is 24.6 Å². The quantitative estimate of drug-likeness (QED) is 0.197. The number of carbonyl (C=O) groups is 1. The second kappa shape index (κ2) is 10.00. The van der Waals surface area contributed by atoms with Crippen molar-refractivity contribution < 1.29 is 22.7 Å². The number of furan rings is 1. The van der Waals surface area contributed by atoms with E-state index in [4.69, 9.17) is 9.40 Å². The summed E-state index contributed by atoms with van der Waals surface area (Å²) in [5.41, 5.74) is 3.73. The molecule has 4 aromatic heterocycles. The van der Waals surface area contributed by atoms with Gasteiger partial charge in [0.25, 0.3) is 10.0 Å². The van der Waals surface area contributed by atoms with E-state index in [-0.39, 0.29) is 16.5 Å². The van der Waals surface area contributed by atoms with Gasteiger partial charge in [-0.25, -0.2) is 32.1 Å². The molecule has 3 N–H and O–H groups in total. The monoisotopic (exact) mass is 582 g/mol. The van der Waals surface area contributed by atoms with Gasteiger partial charge in [0.05, 0.1) is 11.2 Å². The summed E-state index contributed by atoms with van der Waals surface area (Å²) in [5, 5.41) is 15.7. The van der Waals surface area contributed by atoms with Gasteiger partial charge < -0.3 is 14.8 Å². The van der Waals surface area contributed by atoms with Crippen LogP contribution in [0, 0.1) is 0 Å². The van der Waals surface area contributed by atoms with Crippen LogP contribution in [0.2, 0.25) is 0 Å². The minimum atomic E-state index is -3.84. The zero-order chi connectivity index (χ0) is 29.6. The molecular formula is C30H26N6O5S. The normalized spacial score (nSPS) is 12.1. The van der Waals surface area contributed by atoms with E-state index >= 15 is 0 Å². The van der Waals surface area contributed by atoms with Crippen LogP contribution < -0.4 is 10.6 Å². The number of carboxylic acid groups (broad SMARTS) is 1. The summed E-state index contributed by atoms with van der Waals surface area (Å²) in [5.74, 6) is 0.265. The number of rotatable bonds is 6. The maximum atomic E-state index is 13.2. The average Bonchev–Trinajstić information content (AvgIpc) is 3.59. The van der Waals surface area contributed by atoms with E-state index in [1.807, 2.05) is 26.8 Å². The fourth-order valence-electron chi connectivity index (χ4n) is 4.95. The lowest BCUT2D eigenvalue weighted by Crippen LogP contribution is -2.19. The number of anilines is 3. The molecule has 1 amide bonds. The molecule has 2 aromatic carbocycles. The van der Waals surface area contributed by atoms with Crippen molar-refractivity contribution in [2.75, 3.05) is 10.6 Å². The van der Waals surface area contributed by atoms with Crippen molar-refractivity contribution in [1.29, 1.82) is 0 Å². The first kappa shape index (κ1) is 27.0. The van der Waals surface area contributed by atoms with Crippen LogP contribution in [0.15, 0.2) is 94.7 Å². The predicted octanol–water partition coefficient (Wildman–Crippen LogP) is 6.61. The van der Waals surface area contributed by atoms with Crippen LogP contribution in [0.25, 0.3) is 33.4 Å². The molecule has 12 heteroatoms. The minimum absolute atomic E-state index is 0.162. The van der Waals surface area contributed by atoms with Crippen molar-refractivity contribution in [3.8, 4) is 11.3 Å². The molecule has 0 aliphatic heterocycles. The summed E-state index contributed by atoms with van der Waals surface area (Å²) in [7, 11) is -3.84. The summed E-state index contributed by atoms with van der Waals surface area (Å²) >= 11 is 0. The number of fused-ring (bicyclic) bond motifs is 2. The van der Waals surface area contributed by atoms with Crippen LogP contribution >= 0.6 is 0 Å². The molecule has 6 aromatic rings. The van der Waals surface area contributed by atoms with Gasteiger partial charge in [-0.2, -0.15) is 0 Å². The zero-order valence-electron chi connectivity index (χ0n) is 22.9. The number of nitrogens with one attached hydrogen (secondary N) is 2. The number of benzene rings is 2. The molecule has 6 rings (SSSR count). The summed E-state index contributed by atoms with van der Waals surface area (Å²) in [4.78, 5) is 25.5. The van der Waals surface area contributed by atoms with Crippen molar-refractivity contribution >= 4 is 55.6 Å². The fourth-order valence-corrected chi connectivity index (χ4v) is 6.28. The average molecular weight is 583 g/mol. The Labute approximate surface area is 240 Å². The van der Waals surface area contributed by atoms with Crippen molar-refractivity contribution in [1.82, 2.24) is 18.9 Å². The molecule has 0 atom stereocenters. The first-order valence-electron chi connectivity index (χ1n) is 13.0. The lowest BCUT2D eigenvalue weighted by Gasteiger charge is -2.26. The Morgan fingerprint density at radius 2 is 1.74 bits per heavy atom. The first-order chi connectivity index (χ1) is 20.0. The molecule has 0 radical (unpaired) electrons. The van der Waals surface area contributed by atoms with E-state index < -0.39 is 21.5 Å². The molecule has 42 heavy (non-hydrogen) atoms. The lowest BCUT2D eigenvalue weighted by molar-refractivity contribution is 0.209. The highest BCUT2D eigenvalue weighted by Gasteiger charge is 2.25. The first-order valence-corrected chi connectivity index (χ1v) is 14.4. The van der Waals surface area contributed by atoms with Gasteiger partial charge >= 0.3 is 6.09 Å². The van der Waals surface area contributed by atoms with Crippen LogP contribution in [0.3, 0.4) is 0 Å². The smallest absolute Gasteiger partial charge is 0.409 e. The number of hydrogen-bond donors (Lipinski definition) is 3. The Hall–Kier alpha value is -5.23. The van der Waals surface area contributed by atoms with E-state index in [0.29, 0.717) is 39.1 Å². The van der Waals surface area contributed by atoms with E-state index in [9.17, 15) is 18.3 Å². The second-order valence-corrected chi connectivity index (χ2v) is 12.4. The third-order valence-electron chi connectivity index (χ3n) is 6.67. The van der Waals surface area contributed by atoms with Gasteiger partial charge in [0.15, 0.2) is 11.2 Å². The van der Waals surface area contributed by atoms with Crippen LogP contribution in [0.1, 0.15) is 26.3 Å². The number of aromatic nitrogens is 4. The van der Waals surface area contributed by atoms with Crippen LogP contribution in [0.4, 0.5) is 22.1 Å². The molecule has 0 saturated carbocycles. The largest absolute Gasteiger partial charge is 0.465 e. The van der Waals surface area contributed by atoms with Crippen molar-refractivity contribution in [2.45, 2.75) is 31.1 Å². The molecule has 0 aliphatic carbocycles. The van der Waals surface area contributed by atoms with Gasteiger partial charge in [-0.3, -0.25) is 5.32 Å². The van der Waals surface area contributed by atoms with E-state index in [2.05, 4.69) is 20.6 Å². The highest BCUT2D eigenvalue weighted by atomic mass is 32.2. The van der Waals surface area contributed by atoms with Gasteiger partial charge in [-0.05, 0) is 41.8 Å². The molecule has 0 fully saturated rings. The van der Waals surface area contributed by atoms with Gasteiger partial charge in [-0.1, -0.05) is 45.0 Å². The molecular weight excluding hydrogens is 556 g/mol. The number of hydrogen-bond acceptors (Lipinski definition) is 8. The summed E-state index contributed by atoms with van der Waals surface area (Å²) < 4.78 is 33.4. The Morgan fingerprint density at radius 1 is 0.976 bits per heavy atom. The van der Waals surface area contributed by atoms with Gasteiger partial charge in [0, 0.05) is 46.3 Å². The van der Waals surface area contributed by atoms with E-state index in [0.717, 1.165) is 9.54 Å². The SMILES string of the molecule is CC(C)(C)c1c(NC(=O)O)cccc1Nc1nc(-c2cnc3c(ccn3S(=O)(=O)c3ccccc3)c2)c2occc2n1. The second-order valence-electron chi connectivity index (χ2n) is 10.6. The molecule has 0 aliphatic rings. The zero-order valence-corrected chi connectivity index (χ0v) is 23.7. The summed E-state index contributed by atoms with van der Waals surface area (Å²) in [6.45, 7) is 5.95. The minimum Gasteiger partial charge on any atom is -0.465 e. The lowest BCUT2D eigenvalue weighted by atomic mass is 9.84. The highest BCUT2D eigenvalue weighted by molar-refractivity contribution is 7.90. The molecule has 0 unspecified atom stereocenters. The summed E-state index contributed by atoms with van der Waals surface area (Å²) in [6.07, 6.45) is 3.38. The third kappa shape index (κ3) is 4.81. The molecule has 4 heterocycles. The molecule has 0 saturated heterocycles. The molecule has 212 valence electrons. The number of pyridine rings is 1. The standard InChI is InChI=1S/C30H26N6O5S/c1-30(2,3)24-21(10-7-11-22(24)34-29(37)38)32-28-33-23-13-15-41-26(23)25(35-28)19-16-18-12-14-36(27(18)31-17-19)42(39,40)20-8-5-4-6-9-20/h4-17,34H,1-3H3,(H,37,38)(H,32,33,35). The Balaban J connectivity index is 1.43. The molecule has 0 spiro atoms. The van der Waals surface area contributed by atoms with Crippen molar-refractivity contribution in [2.24, 2.45) is 0 Å². The van der Waals surface area contributed by atoms with E-state index in [1.54, 1.807) is 54.7 Å². The van der Waals surface area contributed by atoms with Crippen LogP contribution in [-0.4, -0.2) is 38.5 Å². The van der Waals surface area contributed by atoms with Gasteiger partial charge in [0.2, 0.25) is 5.95 Å². The number of amides is 1. The highest BCUT2D eigenvalue weighted by Crippen LogP contribution is 2.38. The van der Waals surface area contributed by atoms with Gasteiger partial charge in [0.1, 0.15) is 11.2 Å². The van der Waals surface area contributed by atoms with Crippen molar-refractivity contribution in [3.63, 3.8) is 0 Å². The van der Waals surface area contributed by atoms with Crippen LogP contribution in [0.5, 0.6) is 0 Å². The Kier molecular flexibility index (Phi) is 6.42. The Bertz CT molecular complexity index is 2080. The summed E-state index contributed by atoms with van der Waals surface area (Å²) in [6, 6.07) is 18.6. The predicted molar refractivity (Wildman–Crippen MR) is 160 cm³/mol. The Morgan fingerprint density at radius 3 is 2.48 bits per heavy atom. The van der Waals surface area contributed by atoms with Gasteiger partial charge in [-0.15, -0.1) is 0 Å². The molecule has 11 nitrogen and oxygen atoms in total.